The van der Waals surface area contributed by atoms with Gasteiger partial charge in [-0.25, -0.2) is 4.98 Å². The zero-order chi connectivity index (χ0) is 24.4. The maximum Gasteiger partial charge on any atom is 0.259 e. The number of benzene rings is 2. The highest BCUT2D eigenvalue weighted by Gasteiger charge is 2.28. The van der Waals surface area contributed by atoms with Gasteiger partial charge in [-0.1, -0.05) is 25.1 Å². The van der Waals surface area contributed by atoms with Crippen LogP contribution < -0.4 is 19.9 Å². The van der Waals surface area contributed by atoms with E-state index in [4.69, 9.17) is 14.5 Å². The van der Waals surface area contributed by atoms with Gasteiger partial charge in [-0.3, -0.25) is 19.2 Å². The summed E-state index contributed by atoms with van der Waals surface area (Å²) in [5.41, 5.74) is 6.30. The molecule has 0 aliphatic carbocycles. The van der Waals surface area contributed by atoms with E-state index < -0.39 is 0 Å². The summed E-state index contributed by atoms with van der Waals surface area (Å²) in [6.07, 6.45) is 1.50. The molecule has 0 bridgehead atoms. The molecule has 7 heteroatoms. The molecule has 180 valence electrons. The maximum absolute atomic E-state index is 13.4. The van der Waals surface area contributed by atoms with Crippen LogP contribution in [0.4, 0.5) is 11.6 Å². The van der Waals surface area contributed by atoms with Gasteiger partial charge in [0.25, 0.3) is 5.56 Å². The third-order valence-corrected chi connectivity index (χ3v) is 6.76. The van der Waals surface area contributed by atoms with Crippen molar-refractivity contribution in [3.05, 3.63) is 74.7 Å². The van der Waals surface area contributed by atoms with Gasteiger partial charge in [-0.2, -0.15) is 0 Å². The molecule has 0 amide bonds. The van der Waals surface area contributed by atoms with E-state index in [2.05, 4.69) is 47.9 Å². The van der Waals surface area contributed by atoms with Crippen molar-refractivity contribution in [2.24, 2.45) is 0 Å². The second kappa shape index (κ2) is 9.89. The first kappa shape index (κ1) is 23.8. The summed E-state index contributed by atoms with van der Waals surface area (Å²) in [7, 11) is 3.29. The van der Waals surface area contributed by atoms with Gasteiger partial charge in [-0.15, -0.1) is 0 Å². The fourth-order valence-corrected chi connectivity index (χ4v) is 4.61. The van der Waals surface area contributed by atoms with Gasteiger partial charge in [0.2, 0.25) is 5.95 Å². The molecule has 0 radical (unpaired) electrons. The first-order chi connectivity index (χ1) is 16.4. The molecule has 0 fully saturated rings. The zero-order valence-electron chi connectivity index (χ0n) is 21.0. The quantitative estimate of drug-likeness (QED) is 0.520. The van der Waals surface area contributed by atoms with Gasteiger partial charge in [-0.05, 0) is 68.5 Å². The van der Waals surface area contributed by atoms with Crippen LogP contribution in [0.25, 0.3) is 0 Å². The van der Waals surface area contributed by atoms with Gasteiger partial charge >= 0.3 is 0 Å². The summed E-state index contributed by atoms with van der Waals surface area (Å²) in [5, 5.41) is 0. The SMILES string of the molecule is CCc1c(C)nc2n(c1=O)CN(CCc1ccc(OC)c(OC)c1)CN2c1cccc(C)c1C. The van der Waals surface area contributed by atoms with E-state index in [0.29, 0.717) is 19.8 Å². The third kappa shape index (κ3) is 4.40. The molecule has 1 aliphatic rings. The predicted octanol–water partition coefficient (Wildman–Crippen LogP) is 4.36. The Hall–Kier alpha value is -3.32. The third-order valence-electron chi connectivity index (χ3n) is 6.76. The van der Waals surface area contributed by atoms with E-state index in [9.17, 15) is 4.79 Å². The highest BCUT2D eigenvalue weighted by Crippen LogP contribution is 2.32. The number of methoxy groups -OCH3 is 2. The van der Waals surface area contributed by atoms with Crippen LogP contribution in [-0.4, -0.2) is 41.9 Å². The molecule has 0 spiro atoms. The fraction of sp³-hybridized carbons (Fsp3) is 0.407. The lowest BCUT2D eigenvalue weighted by Crippen LogP contribution is -2.48. The highest BCUT2D eigenvalue weighted by molar-refractivity contribution is 5.64. The molecule has 34 heavy (non-hydrogen) atoms. The number of hydrogen-bond acceptors (Lipinski definition) is 6. The summed E-state index contributed by atoms with van der Waals surface area (Å²) in [5.74, 6) is 2.17. The Morgan fingerprint density at radius 2 is 1.76 bits per heavy atom. The van der Waals surface area contributed by atoms with Crippen LogP contribution in [0.3, 0.4) is 0 Å². The summed E-state index contributed by atoms with van der Waals surface area (Å²) >= 11 is 0. The largest absolute Gasteiger partial charge is 0.493 e. The number of aryl methyl sites for hydroxylation is 2. The zero-order valence-corrected chi connectivity index (χ0v) is 21.0. The molecule has 0 N–H and O–H groups in total. The average Bonchev–Trinajstić information content (AvgIpc) is 2.84. The van der Waals surface area contributed by atoms with Gasteiger partial charge in [0.05, 0.1) is 27.6 Å². The molecular formula is C27H34N4O3. The summed E-state index contributed by atoms with van der Waals surface area (Å²) in [4.78, 5) is 22.8. The Morgan fingerprint density at radius 1 is 1.00 bits per heavy atom. The minimum atomic E-state index is 0.0520. The van der Waals surface area contributed by atoms with Crippen molar-refractivity contribution in [3.63, 3.8) is 0 Å². The fourth-order valence-electron chi connectivity index (χ4n) is 4.61. The van der Waals surface area contributed by atoms with Gasteiger partial charge in [0.1, 0.15) is 0 Å². The van der Waals surface area contributed by atoms with Crippen LogP contribution in [0.5, 0.6) is 11.5 Å². The molecule has 1 aliphatic heterocycles. The van der Waals surface area contributed by atoms with Crippen molar-refractivity contribution in [1.82, 2.24) is 14.5 Å². The van der Waals surface area contributed by atoms with Crippen LogP contribution in [0.2, 0.25) is 0 Å². The molecule has 2 aromatic carbocycles. The van der Waals surface area contributed by atoms with Gasteiger partial charge < -0.3 is 9.47 Å². The first-order valence-electron chi connectivity index (χ1n) is 11.7. The van der Waals surface area contributed by atoms with Gasteiger partial charge in [0, 0.05) is 23.5 Å². The Labute approximate surface area is 201 Å². The van der Waals surface area contributed by atoms with E-state index in [1.807, 2.05) is 30.5 Å². The monoisotopic (exact) mass is 462 g/mol. The Kier molecular flexibility index (Phi) is 6.93. The van der Waals surface area contributed by atoms with Crippen molar-refractivity contribution >= 4 is 11.6 Å². The highest BCUT2D eigenvalue weighted by atomic mass is 16.5. The molecule has 3 aromatic rings. The minimum Gasteiger partial charge on any atom is -0.493 e. The second-order valence-electron chi connectivity index (χ2n) is 8.83. The summed E-state index contributed by atoms with van der Waals surface area (Å²) in [6.45, 7) is 10.2. The molecule has 0 unspecified atom stereocenters. The van der Waals surface area contributed by atoms with Crippen molar-refractivity contribution in [3.8, 4) is 11.5 Å². The van der Waals surface area contributed by atoms with E-state index >= 15 is 0 Å². The molecule has 4 rings (SSSR count). The Morgan fingerprint density at radius 3 is 2.47 bits per heavy atom. The average molecular weight is 463 g/mol. The van der Waals surface area contributed by atoms with E-state index in [0.717, 1.165) is 52.9 Å². The number of nitrogens with zero attached hydrogens (tertiary/aromatic N) is 4. The van der Waals surface area contributed by atoms with Crippen LogP contribution in [0, 0.1) is 20.8 Å². The van der Waals surface area contributed by atoms with Crippen LogP contribution in [0.1, 0.15) is 34.9 Å². The Bertz CT molecular complexity index is 1250. The van der Waals surface area contributed by atoms with Crippen LogP contribution in [0.15, 0.2) is 41.2 Å². The van der Waals surface area contributed by atoms with Crippen LogP contribution in [-0.2, 0) is 19.5 Å². The molecular weight excluding hydrogens is 428 g/mol. The normalized spacial score (nSPS) is 13.6. The lowest BCUT2D eigenvalue weighted by molar-refractivity contribution is 0.200. The lowest BCUT2D eigenvalue weighted by atomic mass is 10.1. The molecule has 2 heterocycles. The lowest BCUT2D eigenvalue weighted by Gasteiger charge is -2.39. The van der Waals surface area contributed by atoms with E-state index in [1.54, 1.807) is 14.2 Å². The number of anilines is 2. The Balaban J connectivity index is 1.69. The number of ether oxygens (including phenoxy) is 2. The summed E-state index contributed by atoms with van der Waals surface area (Å²) < 4.78 is 12.7. The van der Waals surface area contributed by atoms with E-state index in [-0.39, 0.29) is 5.56 Å². The number of rotatable bonds is 7. The smallest absolute Gasteiger partial charge is 0.259 e. The summed E-state index contributed by atoms with van der Waals surface area (Å²) in [6, 6.07) is 12.3. The molecule has 0 atom stereocenters. The maximum atomic E-state index is 13.4. The molecule has 1 aromatic heterocycles. The standard InChI is InChI=1S/C27H34N4O3/c1-7-22-20(4)28-27-30(23-10-8-9-18(2)19(23)3)16-29(17-31(27)26(22)32)14-13-21-11-12-24(33-5)25(15-21)34-6/h8-12,15H,7,13-14,16-17H2,1-6H3. The molecule has 0 saturated heterocycles. The van der Waals surface area contributed by atoms with Crippen molar-refractivity contribution in [2.45, 2.75) is 47.2 Å². The number of hydrogen-bond donors (Lipinski definition) is 0. The minimum absolute atomic E-state index is 0.0520. The number of aromatic nitrogens is 2. The van der Waals surface area contributed by atoms with Crippen LogP contribution >= 0.6 is 0 Å². The molecule has 0 saturated carbocycles. The van der Waals surface area contributed by atoms with Crippen molar-refractivity contribution in [2.75, 3.05) is 32.3 Å². The number of fused-ring (bicyclic) bond motifs is 1. The first-order valence-corrected chi connectivity index (χ1v) is 11.7. The predicted molar refractivity (Wildman–Crippen MR) is 135 cm³/mol. The van der Waals surface area contributed by atoms with Crippen molar-refractivity contribution < 1.29 is 9.47 Å². The topological polar surface area (TPSA) is 59.8 Å². The van der Waals surface area contributed by atoms with E-state index in [1.165, 1.54) is 11.1 Å². The second-order valence-corrected chi connectivity index (χ2v) is 8.83. The van der Waals surface area contributed by atoms with Crippen molar-refractivity contribution in [1.29, 1.82) is 0 Å². The molecule has 7 nitrogen and oxygen atoms in total. The van der Waals surface area contributed by atoms with Gasteiger partial charge in [0.15, 0.2) is 11.5 Å².